The van der Waals surface area contributed by atoms with E-state index in [1.54, 1.807) is 12.1 Å². The van der Waals surface area contributed by atoms with Gasteiger partial charge in [0.25, 0.3) is 0 Å². The molecule has 0 spiro atoms. The Bertz CT molecular complexity index is 529. The van der Waals surface area contributed by atoms with Gasteiger partial charge in [0.1, 0.15) is 5.82 Å². The van der Waals surface area contributed by atoms with E-state index in [-0.39, 0.29) is 5.82 Å². The second kappa shape index (κ2) is 5.00. The van der Waals surface area contributed by atoms with Crippen molar-refractivity contribution in [2.24, 2.45) is 5.73 Å². The first-order valence-electron chi connectivity index (χ1n) is 4.90. The van der Waals surface area contributed by atoms with Gasteiger partial charge in [-0.3, -0.25) is 4.98 Å². The van der Waals surface area contributed by atoms with E-state index in [1.807, 2.05) is 0 Å². The lowest BCUT2D eigenvalue weighted by atomic mass is 10.0. The van der Waals surface area contributed by atoms with Gasteiger partial charge in [-0.25, -0.2) is 4.39 Å². The number of pyridine rings is 1. The van der Waals surface area contributed by atoms with Gasteiger partial charge in [-0.05, 0) is 35.9 Å². The van der Waals surface area contributed by atoms with E-state index >= 15 is 0 Å². The Morgan fingerprint density at radius 1 is 1.18 bits per heavy atom. The molecule has 2 nitrogen and oxygen atoms in total. The van der Waals surface area contributed by atoms with Crippen LogP contribution in [0.5, 0.6) is 0 Å². The highest BCUT2D eigenvalue weighted by molar-refractivity contribution is 6.31. The van der Waals surface area contributed by atoms with Crippen molar-refractivity contribution >= 4 is 23.2 Å². The van der Waals surface area contributed by atoms with Crippen LogP contribution >= 0.6 is 23.2 Å². The smallest absolute Gasteiger partial charge is 0.123 e. The third kappa shape index (κ3) is 2.75. The number of aromatic nitrogens is 1. The summed E-state index contributed by atoms with van der Waals surface area (Å²) in [5.74, 6) is -0.381. The molecule has 2 N–H and O–H groups in total. The summed E-state index contributed by atoms with van der Waals surface area (Å²) in [6, 6.07) is 6.86. The summed E-state index contributed by atoms with van der Waals surface area (Å²) in [7, 11) is 0. The standard InChI is InChI=1S/C12H9Cl2FN2/c13-7-1-4-11(17-6-7)12(16)9-5-8(15)2-3-10(9)14/h1-6,12H,16H2. The Morgan fingerprint density at radius 3 is 2.59 bits per heavy atom. The lowest BCUT2D eigenvalue weighted by Crippen LogP contribution is -2.14. The van der Waals surface area contributed by atoms with Gasteiger partial charge in [-0.15, -0.1) is 0 Å². The summed E-state index contributed by atoms with van der Waals surface area (Å²) in [5, 5.41) is 0.932. The highest BCUT2D eigenvalue weighted by Gasteiger charge is 2.14. The third-order valence-electron chi connectivity index (χ3n) is 2.36. The molecule has 0 aliphatic heterocycles. The molecule has 0 aliphatic carbocycles. The third-order valence-corrected chi connectivity index (χ3v) is 2.93. The van der Waals surface area contributed by atoms with Crippen LogP contribution in [0.2, 0.25) is 10.0 Å². The summed E-state index contributed by atoms with van der Waals surface area (Å²) < 4.78 is 13.1. The maximum Gasteiger partial charge on any atom is 0.123 e. The van der Waals surface area contributed by atoms with Crippen LogP contribution in [0.1, 0.15) is 17.3 Å². The summed E-state index contributed by atoms with van der Waals surface area (Å²) in [5.41, 5.74) is 7.07. The van der Waals surface area contributed by atoms with Crippen LogP contribution in [0.15, 0.2) is 36.5 Å². The molecule has 0 radical (unpaired) electrons. The largest absolute Gasteiger partial charge is 0.319 e. The van der Waals surface area contributed by atoms with Crippen molar-refractivity contribution in [2.75, 3.05) is 0 Å². The Balaban J connectivity index is 2.39. The van der Waals surface area contributed by atoms with Gasteiger partial charge >= 0.3 is 0 Å². The molecule has 0 aliphatic rings. The van der Waals surface area contributed by atoms with Crippen molar-refractivity contribution in [2.45, 2.75) is 6.04 Å². The molecule has 2 rings (SSSR count). The van der Waals surface area contributed by atoms with E-state index in [4.69, 9.17) is 28.9 Å². The SMILES string of the molecule is NC(c1ccc(Cl)cn1)c1cc(F)ccc1Cl. The fourth-order valence-corrected chi connectivity index (χ4v) is 1.83. The topological polar surface area (TPSA) is 38.9 Å². The van der Waals surface area contributed by atoms with E-state index in [1.165, 1.54) is 24.4 Å². The summed E-state index contributed by atoms with van der Waals surface area (Å²) in [6.45, 7) is 0. The minimum absolute atomic E-state index is 0.381. The van der Waals surface area contributed by atoms with E-state index in [0.29, 0.717) is 21.3 Å². The lowest BCUT2D eigenvalue weighted by molar-refractivity contribution is 0.623. The summed E-state index contributed by atoms with van der Waals surface area (Å²) in [6.07, 6.45) is 1.49. The van der Waals surface area contributed by atoms with Crippen molar-refractivity contribution in [1.29, 1.82) is 0 Å². The molecule has 5 heteroatoms. The molecule has 1 unspecified atom stereocenters. The average molecular weight is 271 g/mol. The highest BCUT2D eigenvalue weighted by atomic mass is 35.5. The van der Waals surface area contributed by atoms with Crippen LogP contribution in [0.4, 0.5) is 4.39 Å². The molecule has 0 bridgehead atoms. The lowest BCUT2D eigenvalue weighted by Gasteiger charge is -2.13. The molecule has 2 aromatic rings. The van der Waals surface area contributed by atoms with E-state index in [9.17, 15) is 4.39 Å². The zero-order chi connectivity index (χ0) is 12.4. The van der Waals surface area contributed by atoms with Gasteiger partial charge in [0.2, 0.25) is 0 Å². The average Bonchev–Trinajstić information content (AvgIpc) is 2.32. The fraction of sp³-hybridized carbons (Fsp3) is 0.0833. The molecule has 0 saturated carbocycles. The van der Waals surface area contributed by atoms with Gasteiger partial charge in [0.05, 0.1) is 16.8 Å². The molecular weight excluding hydrogens is 262 g/mol. The first kappa shape index (κ1) is 12.3. The number of halogens is 3. The van der Waals surface area contributed by atoms with Gasteiger partial charge in [-0.1, -0.05) is 23.2 Å². The number of nitrogens with two attached hydrogens (primary N) is 1. The Morgan fingerprint density at radius 2 is 1.94 bits per heavy atom. The number of hydrogen-bond acceptors (Lipinski definition) is 2. The molecule has 0 amide bonds. The Labute approximate surface area is 108 Å². The Hall–Kier alpha value is -1.16. The maximum absolute atomic E-state index is 13.1. The van der Waals surface area contributed by atoms with Gasteiger partial charge in [0, 0.05) is 11.2 Å². The molecule has 0 saturated heterocycles. The van der Waals surface area contributed by atoms with Crippen LogP contribution in [0.3, 0.4) is 0 Å². The van der Waals surface area contributed by atoms with Gasteiger partial charge in [-0.2, -0.15) is 0 Å². The van der Waals surface area contributed by atoms with Crippen LogP contribution < -0.4 is 5.73 Å². The molecule has 1 aromatic heterocycles. The first-order chi connectivity index (χ1) is 8.08. The van der Waals surface area contributed by atoms with E-state index < -0.39 is 6.04 Å². The minimum Gasteiger partial charge on any atom is -0.319 e. The zero-order valence-electron chi connectivity index (χ0n) is 8.70. The van der Waals surface area contributed by atoms with Crippen molar-refractivity contribution in [3.05, 3.63) is 63.6 Å². The number of nitrogens with zero attached hydrogens (tertiary/aromatic N) is 1. The van der Waals surface area contributed by atoms with Crippen molar-refractivity contribution < 1.29 is 4.39 Å². The second-order valence-corrected chi connectivity index (χ2v) is 4.39. The fourth-order valence-electron chi connectivity index (χ4n) is 1.48. The predicted octanol–water partition coefficient (Wildman–Crippen LogP) is 3.58. The van der Waals surface area contributed by atoms with E-state index in [2.05, 4.69) is 4.98 Å². The monoisotopic (exact) mass is 270 g/mol. The first-order valence-corrected chi connectivity index (χ1v) is 5.65. The minimum atomic E-state index is -0.574. The predicted molar refractivity (Wildman–Crippen MR) is 66.7 cm³/mol. The van der Waals surface area contributed by atoms with Crippen LogP contribution in [-0.2, 0) is 0 Å². The summed E-state index contributed by atoms with van der Waals surface area (Å²) >= 11 is 11.7. The quantitative estimate of drug-likeness (QED) is 0.906. The molecule has 0 fully saturated rings. The Kier molecular flexibility index (Phi) is 3.62. The number of benzene rings is 1. The van der Waals surface area contributed by atoms with E-state index in [0.717, 1.165) is 0 Å². The van der Waals surface area contributed by atoms with Crippen LogP contribution in [-0.4, -0.2) is 4.98 Å². The number of hydrogen-bond donors (Lipinski definition) is 1. The van der Waals surface area contributed by atoms with Crippen LogP contribution in [0.25, 0.3) is 0 Å². The molecule has 88 valence electrons. The van der Waals surface area contributed by atoms with Crippen LogP contribution in [0, 0.1) is 5.82 Å². The maximum atomic E-state index is 13.1. The van der Waals surface area contributed by atoms with Crippen molar-refractivity contribution in [1.82, 2.24) is 4.98 Å². The molecule has 1 heterocycles. The zero-order valence-corrected chi connectivity index (χ0v) is 10.2. The van der Waals surface area contributed by atoms with Gasteiger partial charge in [0.15, 0.2) is 0 Å². The molecule has 1 aromatic carbocycles. The molecule has 1 atom stereocenters. The molecular formula is C12H9Cl2FN2. The van der Waals surface area contributed by atoms with Crippen molar-refractivity contribution in [3.63, 3.8) is 0 Å². The molecule has 17 heavy (non-hydrogen) atoms. The highest BCUT2D eigenvalue weighted by Crippen LogP contribution is 2.26. The summed E-state index contributed by atoms with van der Waals surface area (Å²) in [4.78, 5) is 4.09. The van der Waals surface area contributed by atoms with Crippen molar-refractivity contribution in [3.8, 4) is 0 Å². The second-order valence-electron chi connectivity index (χ2n) is 3.54. The number of rotatable bonds is 2. The van der Waals surface area contributed by atoms with Gasteiger partial charge < -0.3 is 5.73 Å². The normalized spacial score (nSPS) is 12.5.